The van der Waals surface area contributed by atoms with Crippen LogP contribution in [0.2, 0.25) is 0 Å². The Bertz CT molecular complexity index is 404. The van der Waals surface area contributed by atoms with E-state index in [1.165, 1.54) is 12.8 Å². The molecule has 1 fully saturated rings. The number of aliphatic hydroxyl groups is 1. The third-order valence-electron chi connectivity index (χ3n) is 3.33. The lowest BCUT2D eigenvalue weighted by molar-refractivity contribution is 0.174. The Hall–Kier alpha value is -1.26. The van der Waals surface area contributed by atoms with Crippen LogP contribution >= 0.6 is 0 Å². The third-order valence-corrected chi connectivity index (χ3v) is 3.33. The Balaban J connectivity index is 1.71. The molecule has 1 heterocycles. The van der Waals surface area contributed by atoms with Gasteiger partial charge in [0.1, 0.15) is 0 Å². The van der Waals surface area contributed by atoms with Crippen molar-refractivity contribution in [2.45, 2.75) is 18.9 Å². The van der Waals surface area contributed by atoms with E-state index in [1.54, 1.807) is 0 Å². The number of hydrogen-bond donors (Lipinski definition) is 2. The summed E-state index contributed by atoms with van der Waals surface area (Å²) in [7, 11) is 0. The first-order valence-corrected chi connectivity index (χ1v) is 6.10. The zero-order valence-electron chi connectivity index (χ0n) is 9.69. The molecule has 1 unspecified atom stereocenters. The van der Waals surface area contributed by atoms with Gasteiger partial charge in [-0.25, -0.2) is 0 Å². The van der Waals surface area contributed by atoms with Crippen LogP contribution in [-0.4, -0.2) is 25.1 Å². The molecule has 0 aromatic heterocycles. The van der Waals surface area contributed by atoms with Gasteiger partial charge in [0.25, 0.3) is 0 Å². The number of nitrogens with one attached hydrogen (secondary N) is 1. The summed E-state index contributed by atoms with van der Waals surface area (Å²) < 4.78 is 10.6. The van der Waals surface area contributed by atoms with Crippen molar-refractivity contribution < 1.29 is 14.6 Å². The van der Waals surface area contributed by atoms with E-state index < -0.39 is 0 Å². The van der Waals surface area contributed by atoms with E-state index in [2.05, 4.69) is 5.32 Å². The Kier molecular flexibility index (Phi) is 2.91. The Labute approximate surface area is 101 Å². The van der Waals surface area contributed by atoms with E-state index >= 15 is 0 Å². The number of benzene rings is 1. The molecule has 4 nitrogen and oxygen atoms in total. The molecule has 1 aromatic carbocycles. The van der Waals surface area contributed by atoms with Crippen molar-refractivity contribution >= 4 is 0 Å². The van der Waals surface area contributed by atoms with Crippen LogP contribution in [0.5, 0.6) is 11.5 Å². The molecular weight excluding hydrogens is 218 g/mol. The largest absolute Gasteiger partial charge is 0.454 e. The monoisotopic (exact) mass is 235 g/mol. The highest BCUT2D eigenvalue weighted by atomic mass is 16.7. The average Bonchev–Trinajstić information content (AvgIpc) is 3.06. The van der Waals surface area contributed by atoms with Crippen LogP contribution in [0.3, 0.4) is 0 Å². The highest BCUT2D eigenvalue weighted by Gasteiger charge is 2.23. The van der Waals surface area contributed by atoms with Gasteiger partial charge in [-0.05, 0) is 43.0 Å². The minimum absolute atomic E-state index is 0.00917. The molecule has 1 aliphatic heterocycles. The average molecular weight is 235 g/mol. The van der Waals surface area contributed by atoms with E-state index in [1.807, 2.05) is 18.2 Å². The van der Waals surface area contributed by atoms with E-state index in [0.717, 1.165) is 29.5 Å². The first kappa shape index (κ1) is 10.9. The number of hydrogen-bond acceptors (Lipinski definition) is 4. The van der Waals surface area contributed by atoms with Gasteiger partial charge in [0.15, 0.2) is 11.5 Å². The van der Waals surface area contributed by atoms with Crippen molar-refractivity contribution in [3.8, 4) is 11.5 Å². The quantitative estimate of drug-likeness (QED) is 0.811. The normalized spacial score (nSPS) is 19.4. The first-order valence-electron chi connectivity index (χ1n) is 6.10. The molecule has 0 spiro atoms. The minimum atomic E-state index is -0.00917. The molecule has 0 amide bonds. The van der Waals surface area contributed by atoms with Crippen LogP contribution in [0.1, 0.15) is 24.4 Å². The maximum Gasteiger partial charge on any atom is 0.231 e. The smallest absolute Gasteiger partial charge is 0.231 e. The molecule has 1 aromatic rings. The summed E-state index contributed by atoms with van der Waals surface area (Å²) in [5.74, 6) is 2.36. The van der Waals surface area contributed by atoms with Gasteiger partial charge in [-0.15, -0.1) is 0 Å². The SMILES string of the molecule is OCC(NCC1CC1)c1ccc2c(c1)OCO2. The molecular formula is C13H17NO3. The fourth-order valence-corrected chi connectivity index (χ4v) is 2.05. The van der Waals surface area contributed by atoms with Crippen LogP contribution < -0.4 is 14.8 Å². The third kappa shape index (κ3) is 2.37. The molecule has 1 atom stereocenters. The van der Waals surface area contributed by atoms with Gasteiger partial charge < -0.3 is 19.9 Å². The van der Waals surface area contributed by atoms with Crippen LogP contribution in [-0.2, 0) is 0 Å². The Morgan fingerprint density at radius 1 is 1.29 bits per heavy atom. The van der Waals surface area contributed by atoms with Crippen LogP contribution in [0, 0.1) is 5.92 Å². The summed E-state index contributed by atoms with van der Waals surface area (Å²) in [6.07, 6.45) is 2.62. The summed E-state index contributed by atoms with van der Waals surface area (Å²) in [6.45, 7) is 1.38. The van der Waals surface area contributed by atoms with Crippen LogP contribution in [0.4, 0.5) is 0 Å². The first-order chi connectivity index (χ1) is 8.36. The topological polar surface area (TPSA) is 50.7 Å². The molecule has 0 bridgehead atoms. The second-order valence-electron chi connectivity index (χ2n) is 4.70. The molecule has 17 heavy (non-hydrogen) atoms. The fraction of sp³-hybridized carbons (Fsp3) is 0.538. The maximum absolute atomic E-state index is 9.43. The minimum Gasteiger partial charge on any atom is -0.454 e. The van der Waals surface area contributed by atoms with E-state index in [4.69, 9.17) is 9.47 Å². The van der Waals surface area contributed by atoms with Crippen LogP contribution in [0.15, 0.2) is 18.2 Å². The molecule has 1 saturated carbocycles. The van der Waals surface area contributed by atoms with Crippen molar-refractivity contribution in [1.82, 2.24) is 5.32 Å². The number of aliphatic hydroxyl groups excluding tert-OH is 1. The molecule has 2 N–H and O–H groups in total. The van der Waals surface area contributed by atoms with Crippen molar-refractivity contribution in [2.24, 2.45) is 5.92 Å². The van der Waals surface area contributed by atoms with Gasteiger partial charge in [-0.2, -0.15) is 0 Å². The zero-order chi connectivity index (χ0) is 11.7. The molecule has 1 aliphatic carbocycles. The highest BCUT2D eigenvalue weighted by Crippen LogP contribution is 2.34. The maximum atomic E-state index is 9.43. The molecule has 4 heteroatoms. The lowest BCUT2D eigenvalue weighted by Gasteiger charge is -2.16. The Morgan fingerprint density at radius 2 is 2.12 bits per heavy atom. The van der Waals surface area contributed by atoms with Gasteiger partial charge in [0.05, 0.1) is 12.6 Å². The molecule has 3 rings (SSSR count). The summed E-state index contributed by atoms with van der Waals surface area (Å²) in [4.78, 5) is 0. The second-order valence-corrected chi connectivity index (χ2v) is 4.70. The van der Waals surface area contributed by atoms with E-state index in [-0.39, 0.29) is 19.4 Å². The number of fused-ring (bicyclic) bond motifs is 1. The number of rotatable bonds is 5. The lowest BCUT2D eigenvalue weighted by Crippen LogP contribution is -2.26. The van der Waals surface area contributed by atoms with Gasteiger partial charge >= 0.3 is 0 Å². The van der Waals surface area contributed by atoms with Crippen molar-refractivity contribution in [3.05, 3.63) is 23.8 Å². The predicted octanol–water partition coefficient (Wildman–Crippen LogP) is 1.45. The standard InChI is InChI=1S/C13H17NO3/c15-7-11(14-6-9-1-2-9)10-3-4-12-13(5-10)17-8-16-12/h3-5,9,11,14-15H,1-2,6-8H2. The molecule has 92 valence electrons. The second kappa shape index (κ2) is 4.55. The summed E-state index contributed by atoms with van der Waals surface area (Å²) in [5, 5.41) is 12.8. The summed E-state index contributed by atoms with van der Waals surface area (Å²) in [5.41, 5.74) is 1.05. The fourth-order valence-electron chi connectivity index (χ4n) is 2.05. The summed E-state index contributed by atoms with van der Waals surface area (Å²) >= 11 is 0. The van der Waals surface area contributed by atoms with E-state index in [0.29, 0.717) is 0 Å². The predicted molar refractivity (Wildman–Crippen MR) is 63.1 cm³/mol. The molecule has 0 saturated heterocycles. The van der Waals surface area contributed by atoms with Crippen molar-refractivity contribution in [2.75, 3.05) is 19.9 Å². The van der Waals surface area contributed by atoms with Gasteiger partial charge in [0, 0.05) is 0 Å². The van der Waals surface area contributed by atoms with Crippen molar-refractivity contribution in [1.29, 1.82) is 0 Å². The zero-order valence-corrected chi connectivity index (χ0v) is 9.69. The van der Waals surface area contributed by atoms with E-state index in [9.17, 15) is 5.11 Å². The molecule has 2 aliphatic rings. The van der Waals surface area contributed by atoms with Gasteiger partial charge in [0.2, 0.25) is 6.79 Å². The Morgan fingerprint density at radius 3 is 2.88 bits per heavy atom. The number of ether oxygens (including phenoxy) is 2. The van der Waals surface area contributed by atoms with Gasteiger partial charge in [-0.1, -0.05) is 6.07 Å². The van der Waals surface area contributed by atoms with Crippen molar-refractivity contribution in [3.63, 3.8) is 0 Å². The van der Waals surface area contributed by atoms with Crippen LogP contribution in [0.25, 0.3) is 0 Å². The highest BCUT2D eigenvalue weighted by molar-refractivity contribution is 5.45. The lowest BCUT2D eigenvalue weighted by atomic mass is 10.1. The summed E-state index contributed by atoms with van der Waals surface area (Å²) in [6, 6.07) is 5.82. The molecule has 0 radical (unpaired) electrons. The van der Waals surface area contributed by atoms with Gasteiger partial charge in [-0.3, -0.25) is 0 Å².